The Morgan fingerprint density at radius 3 is 2.19 bits per heavy atom. The van der Waals surface area contributed by atoms with Crippen LogP contribution < -0.4 is 4.72 Å². The van der Waals surface area contributed by atoms with E-state index in [-0.39, 0.29) is 10.6 Å². The second-order valence-corrected chi connectivity index (χ2v) is 9.49. The van der Waals surface area contributed by atoms with E-state index in [0.717, 1.165) is 32.7 Å². The Bertz CT molecular complexity index is 1570. The minimum absolute atomic E-state index is 0.146. The minimum Gasteiger partial charge on any atom is -0.507 e. The summed E-state index contributed by atoms with van der Waals surface area (Å²) in [5.74, 6) is 0.146. The molecule has 5 aromatic rings. The molecule has 0 bridgehead atoms. The van der Waals surface area contributed by atoms with Crippen molar-refractivity contribution in [2.45, 2.75) is 11.8 Å². The number of aromatic hydroxyl groups is 1. The summed E-state index contributed by atoms with van der Waals surface area (Å²) in [4.78, 5) is 0.200. The lowest BCUT2D eigenvalue weighted by Crippen LogP contribution is -2.13. The third-order valence-corrected chi connectivity index (χ3v) is 7.04. The summed E-state index contributed by atoms with van der Waals surface area (Å²) in [6, 6.07) is 29.4. The van der Waals surface area contributed by atoms with E-state index in [1.165, 1.54) is 0 Å². The molecule has 0 amide bonds. The molecule has 5 rings (SSSR count). The van der Waals surface area contributed by atoms with Gasteiger partial charge in [0, 0.05) is 10.9 Å². The number of anilines is 1. The lowest BCUT2D eigenvalue weighted by Gasteiger charge is -2.16. The standard InChI is InChI=1S/C27H21NO3S/c1-18-12-15-21(16-13-18)32(30,31)28-24-11-5-8-20-7-4-10-23(26(20)24)27-22-9-3-2-6-19(22)14-17-25(27)29/h2-17,28-29H,1H3. The number of aryl methyl sites for hydroxylation is 1. The number of phenols is 1. The maximum atomic E-state index is 13.1. The van der Waals surface area contributed by atoms with Crippen LogP contribution in [0.2, 0.25) is 0 Å². The van der Waals surface area contributed by atoms with Crippen molar-refractivity contribution in [2.75, 3.05) is 4.72 Å². The van der Waals surface area contributed by atoms with E-state index < -0.39 is 10.0 Å². The van der Waals surface area contributed by atoms with Gasteiger partial charge in [-0.25, -0.2) is 8.42 Å². The summed E-state index contributed by atoms with van der Waals surface area (Å²) in [6.07, 6.45) is 0. The van der Waals surface area contributed by atoms with E-state index in [1.54, 1.807) is 36.4 Å². The molecule has 2 N–H and O–H groups in total. The molecule has 0 aliphatic heterocycles. The third-order valence-electron chi connectivity index (χ3n) is 5.66. The van der Waals surface area contributed by atoms with Gasteiger partial charge in [0.2, 0.25) is 0 Å². The van der Waals surface area contributed by atoms with Gasteiger partial charge >= 0.3 is 0 Å². The van der Waals surface area contributed by atoms with E-state index in [4.69, 9.17) is 0 Å². The van der Waals surface area contributed by atoms with Crippen molar-refractivity contribution in [3.63, 3.8) is 0 Å². The van der Waals surface area contributed by atoms with Gasteiger partial charge in [-0.05, 0) is 52.9 Å². The van der Waals surface area contributed by atoms with Gasteiger partial charge in [0.15, 0.2) is 0 Å². The van der Waals surface area contributed by atoms with Crippen LogP contribution in [-0.4, -0.2) is 13.5 Å². The molecule has 0 spiro atoms. The van der Waals surface area contributed by atoms with Crippen LogP contribution >= 0.6 is 0 Å². The Labute approximate surface area is 186 Å². The first-order valence-corrected chi connectivity index (χ1v) is 11.7. The normalized spacial score (nSPS) is 11.7. The molecule has 0 atom stereocenters. The molecule has 0 aliphatic rings. The fourth-order valence-electron chi connectivity index (χ4n) is 4.10. The first kappa shape index (κ1) is 20.1. The van der Waals surface area contributed by atoms with Crippen LogP contribution in [0.25, 0.3) is 32.7 Å². The Morgan fingerprint density at radius 1 is 0.719 bits per heavy atom. The Morgan fingerprint density at radius 2 is 1.41 bits per heavy atom. The molecule has 158 valence electrons. The van der Waals surface area contributed by atoms with Crippen molar-refractivity contribution in [3.8, 4) is 16.9 Å². The SMILES string of the molecule is Cc1ccc(S(=O)(=O)Nc2cccc3cccc(-c4c(O)ccc5ccccc45)c23)cc1. The van der Waals surface area contributed by atoms with Crippen LogP contribution in [0.4, 0.5) is 5.69 Å². The van der Waals surface area contributed by atoms with Crippen LogP contribution in [0.5, 0.6) is 5.75 Å². The van der Waals surface area contributed by atoms with Gasteiger partial charge in [-0.3, -0.25) is 4.72 Å². The first-order valence-electron chi connectivity index (χ1n) is 10.3. The molecule has 4 nitrogen and oxygen atoms in total. The van der Waals surface area contributed by atoms with Gasteiger partial charge in [-0.1, -0.05) is 78.4 Å². The predicted octanol–water partition coefficient (Wildman–Crippen LogP) is 6.47. The first-order chi connectivity index (χ1) is 15.4. The number of sulfonamides is 1. The van der Waals surface area contributed by atoms with Crippen LogP contribution in [0.3, 0.4) is 0 Å². The van der Waals surface area contributed by atoms with E-state index in [2.05, 4.69) is 4.72 Å². The van der Waals surface area contributed by atoms with Crippen molar-refractivity contribution >= 4 is 37.3 Å². The highest BCUT2D eigenvalue weighted by atomic mass is 32.2. The van der Waals surface area contributed by atoms with Crippen molar-refractivity contribution in [2.24, 2.45) is 0 Å². The average molecular weight is 440 g/mol. The van der Waals surface area contributed by atoms with Gasteiger partial charge in [0.25, 0.3) is 10.0 Å². The van der Waals surface area contributed by atoms with E-state index in [9.17, 15) is 13.5 Å². The topological polar surface area (TPSA) is 66.4 Å². The van der Waals surface area contributed by atoms with Gasteiger partial charge in [0.1, 0.15) is 5.75 Å². The van der Waals surface area contributed by atoms with Crippen LogP contribution in [0, 0.1) is 6.92 Å². The van der Waals surface area contributed by atoms with Crippen LogP contribution in [0.1, 0.15) is 5.56 Å². The predicted molar refractivity (Wildman–Crippen MR) is 131 cm³/mol. The fraction of sp³-hybridized carbons (Fsp3) is 0.0370. The lowest BCUT2D eigenvalue weighted by molar-refractivity contribution is 0.478. The smallest absolute Gasteiger partial charge is 0.261 e. The monoisotopic (exact) mass is 439 g/mol. The van der Waals surface area contributed by atoms with Crippen molar-refractivity contribution in [1.82, 2.24) is 0 Å². The van der Waals surface area contributed by atoms with Crippen molar-refractivity contribution < 1.29 is 13.5 Å². The lowest BCUT2D eigenvalue weighted by atomic mass is 9.92. The number of benzene rings is 5. The molecule has 5 aromatic carbocycles. The molecule has 0 radical (unpaired) electrons. The number of fused-ring (bicyclic) bond motifs is 2. The summed E-state index contributed by atoms with van der Waals surface area (Å²) in [5.41, 5.74) is 2.89. The maximum Gasteiger partial charge on any atom is 0.261 e. The highest BCUT2D eigenvalue weighted by molar-refractivity contribution is 7.92. The zero-order valence-electron chi connectivity index (χ0n) is 17.4. The van der Waals surface area contributed by atoms with Gasteiger partial charge < -0.3 is 5.11 Å². The quantitative estimate of drug-likeness (QED) is 0.337. The molecule has 0 unspecified atom stereocenters. The summed E-state index contributed by atoms with van der Waals surface area (Å²) in [6.45, 7) is 1.91. The molecule has 0 saturated carbocycles. The zero-order chi connectivity index (χ0) is 22.3. The Hall–Kier alpha value is -3.83. The molecule has 0 heterocycles. The second-order valence-electron chi connectivity index (χ2n) is 7.81. The van der Waals surface area contributed by atoms with E-state index >= 15 is 0 Å². The summed E-state index contributed by atoms with van der Waals surface area (Å²) >= 11 is 0. The Balaban J connectivity index is 1.75. The number of hydrogen-bond donors (Lipinski definition) is 2. The highest BCUT2D eigenvalue weighted by Gasteiger charge is 2.19. The van der Waals surface area contributed by atoms with Gasteiger partial charge in [0.05, 0.1) is 10.6 Å². The molecule has 0 aliphatic carbocycles. The molecule has 5 heteroatoms. The summed E-state index contributed by atoms with van der Waals surface area (Å²) < 4.78 is 29.0. The molecular formula is C27H21NO3S. The molecule has 0 aromatic heterocycles. The zero-order valence-corrected chi connectivity index (χ0v) is 18.2. The average Bonchev–Trinajstić information content (AvgIpc) is 2.79. The van der Waals surface area contributed by atoms with E-state index in [0.29, 0.717) is 11.3 Å². The Kier molecular flexibility index (Phi) is 4.83. The van der Waals surface area contributed by atoms with E-state index in [1.807, 2.05) is 67.6 Å². The number of hydrogen-bond acceptors (Lipinski definition) is 3. The summed E-state index contributed by atoms with van der Waals surface area (Å²) in [5, 5.41) is 14.3. The largest absolute Gasteiger partial charge is 0.507 e. The van der Waals surface area contributed by atoms with Crippen LogP contribution in [-0.2, 0) is 10.0 Å². The fourth-order valence-corrected chi connectivity index (χ4v) is 5.17. The molecular weight excluding hydrogens is 418 g/mol. The highest BCUT2D eigenvalue weighted by Crippen LogP contribution is 2.42. The maximum absolute atomic E-state index is 13.1. The third kappa shape index (κ3) is 3.47. The van der Waals surface area contributed by atoms with Gasteiger partial charge in [-0.15, -0.1) is 0 Å². The van der Waals surface area contributed by atoms with Gasteiger partial charge in [-0.2, -0.15) is 0 Å². The molecule has 0 fully saturated rings. The number of rotatable bonds is 4. The number of phenolic OH excluding ortho intramolecular Hbond substituents is 1. The van der Waals surface area contributed by atoms with Crippen LogP contribution in [0.15, 0.2) is 102 Å². The molecule has 32 heavy (non-hydrogen) atoms. The van der Waals surface area contributed by atoms with Crippen molar-refractivity contribution in [3.05, 3.63) is 103 Å². The second kappa shape index (κ2) is 7.70. The number of nitrogens with one attached hydrogen (secondary N) is 1. The molecule has 0 saturated heterocycles. The minimum atomic E-state index is -3.79. The van der Waals surface area contributed by atoms with Crippen molar-refractivity contribution in [1.29, 1.82) is 0 Å². The summed E-state index contributed by atoms with van der Waals surface area (Å²) in [7, 11) is -3.79.